The van der Waals surface area contributed by atoms with Gasteiger partial charge in [-0.2, -0.15) is 0 Å². The number of nitrogens with zero attached hydrogens (tertiary/aromatic N) is 2. The van der Waals surface area contributed by atoms with Crippen molar-refractivity contribution in [2.45, 2.75) is 20.0 Å². The smallest absolute Gasteiger partial charge is 0.251 e. The van der Waals surface area contributed by atoms with E-state index in [0.717, 1.165) is 22.5 Å². The molecule has 0 aliphatic carbocycles. The molecule has 0 radical (unpaired) electrons. The normalized spacial score (nSPS) is 10.9. The maximum atomic E-state index is 13.2. The number of fused-ring (bicyclic) bond motifs is 1. The van der Waals surface area contributed by atoms with E-state index in [-0.39, 0.29) is 11.7 Å². The van der Waals surface area contributed by atoms with E-state index in [4.69, 9.17) is 4.74 Å². The summed E-state index contributed by atoms with van der Waals surface area (Å²) in [6, 6.07) is 17.4. The first-order valence-electron chi connectivity index (χ1n) is 9.77. The summed E-state index contributed by atoms with van der Waals surface area (Å²) >= 11 is 0. The number of pyridine rings is 1. The lowest BCUT2D eigenvalue weighted by molar-refractivity contribution is 0.0953. The SMILES string of the molecule is Cc1cccn2cc(COc3cccc(C(=O)NCCc4cccc(F)c4)c3)nc12. The second kappa shape index (κ2) is 8.78. The van der Waals surface area contributed by atoms with Crippen LogP contribution in [0.15, 0.2) is 73.1 Å². The highest BCUT2D eigenvalue weighted by molar-refractivity contribution is 5.94. The molecule has 1 amide bonds. The molecule has 30 heavy (non-hydrogen) atoms. The molecular formula is C24H22FN3O2. The van der Waals surface area contributed by atoms with Crippen molar-refractivity contribution in [2.75, 3.05) is 6.54 Å². The zero-order chi connectivity index (χ0) is 20.9. The molecule has 0 aliphatic rings. The molecule has 4 aromatic rings. The summed E-state index contributed by atoms with van der Waals surface area (Å²) in [5.41, 5.74) is 4.17. The Hall–Kier alpha value is -3.67. The Balaban J connectivity index is 1.34. The lowest BCUT2D eigenvalue weighted by Crippen LogP contribution is -2.25. The van der Waals surface area contributed by atoms with Gasteiger partial charge in [0.25, 0.3) is 5.91 Å². The molecular weight excluding hydrogens is 381 g/mol. The molecule has 2 heterocycles. The van der Waals surface area contributed by atoms with Crippen LogP contribution in [0.1, 0.15) is 27.2 Å². The number of aryl methyl sites for hydroxylation is 1. The molecule has 4 rings (SSSR count). The maximum absolute atomic E-state index is 13.2. The Morgan fingerprint density at radius 3 is 2.83 bits per heavy atom. The Labute approximate surface area is 174 Å². The lowest BCUT2D eigenvalue weighted by atomic mass is 10.1. The van der Waals surface area contributed by atoms with E-state index in [2.05, 4.69) is 10.3 Å². The molecule has 5 nitrogen and oxygen atoms in total. The zero-order valence-corrected chi connectivity index (χ0v) is 16.6. The van der Waals surface area contributed by atoms with Crippen molar-refractivity contribution in [1.29, 1.82) is 0 Å². The number of amides is 1. The molecule has 0 saturated carbocycles. The molecule has 0 spiro atoms. The molecule has 0 atom stereocenters. The minimum Gasteiger partial charge on any atom is -0.487 e. The third-order valence-electron chi connectivity index (χ3n) is 4.80. The van der Waals surface area contributed by atoms with Gasteiger partial charge in [0.2, 0.25) is 0 Å². The summed E-state index contributed by atoms with van der Waals surface area (Å²) in [7, 11) is 0. The minimum absolute atomic E-state index is 0.194. The van der Waals surface area contributed by atoms with E-state index in [1.54, 1.807) is 24.3 Å². The molecule has 2 aromatic heterocycles. The molecule has 0 fully saturated rings. The highest BCUT2D eigenvalue weighted by atomic mass is 19.1. The minimum atomic E-state index is -0.274. The second-order valence-electron chi connectivity index (χ2n) is 7.11. The number of aromatic nitrogens is 2. The van der Waals surface area contributed by atoms with Gasteiger partial charge in [-0.05, 0) is 60.9 Å². The number of nitrogens with one attached hydrogen (secondary N) is 1. The highest BCUT2D eigenvalue weighted by Gasteiger charge is 2.08. The number of ether oxygens (including phenoxy) is 1. The predicted octanol–water partition coefficient (Wildman–Crippen LogP) is 4.33. The zero-order valence-electron chi connectivity index (χ0n) is 16.6. The molecule has 152 valence electrons. The predicted molar refractivity (Wildman–Crippen MR) is 113 cm³/mol. The summed E-state index contributed by atoms with van der Waals surface area (Å²) < 4.78 is 21.0. The van der Waals surface area contributed by atoms with E-state index in [0.29, 0.717) is 30.9 Å². The number of carbonyl (C=O) groups excluding carboxylic acids is 1. The number of benzene rings is 2. The van der Waals surface area contributed by atoms with Crippen LogP contribution in [0.25, 0.3) is 5.65 Å². The number of rotatable bonds is 7. The third-order valence-corrected chi connectivity index (χ3v) is 4.80. The van der Waals surface area contributed by atoms with Crippen LogP contribution in [0.3, 0.4) is 0 Å². The van der Waals surface area contributed by atoms with Gasteiger partial charge in [-0.15, -0.1) is 0 Å². The van der Waals surface area contributed by atoms with Gasteiger partial charge in [-0.25, -0.2) is 9.37 Å². The van der Waals surface area contributed by atoms with Crippen molar-refractivity contribution in [3.8, 4) is 5.75 Å². The Morgan fingerprint density at radius 2 is 2.00 bits per heavy atom. The van der Waals surface area contributed by atoms with E-state index in [1.807, 2.05) is 48.0 Å². The van der Waals surface area contributed by atoms with E-state index in [1.165, 1.54) is 12.1 Å². The van der Waals surface area contributed by atoms with Gasteiger partial charge in [0, 0.05) is 24.5 Å². The average Bonchev–Trinajstić information content (AvgIpc) is 3.17. The summed E-state index contributed by atoms with van der Waals surface area (Å²) in [5.74, 6) is 0.131. The fourth-order valence-corrected chi connectivity index (χ4v) is 3.27. The van der Waals surface area contributed by atoms with Crippen LogP contribution in [-0.4, -0.2) is 21.8 Å². The van der Waals surface area contributed by atoms with E-state index < -0.39 is 0 Å². The molecule has 2 aromatic carbocycles. The Morgan fingerprint density at radius 1 is 1.13 bits per heavy atom. The third kappa shape index (κ3) is 4.66. The molecule has 1 N–H and O–H groups in total. The monoisotopic (exact) mass is 403 g/mol. The standard InChI is InChI=1S/C24H22FN3O2/c1-17-5-4-12-28-15-21(27-23(17)28)16-30-22-9-3-7-19(14-22)24(29)26-11-10-18-6-2-8-20(25)13-18/h2-9,12-15H,10-11,16H2,1H3,(H,26,29). The van der Waals surface area contributed by atoms with Crippen LogP contribution in [0, 0.1) is 12.7 Å². The Bertz CT molecular complexity index is 1190. The van der Waals surface area contributed by atoms with Crippen molar-refractivity contribution in [3.63, 3.8) is 0 Å². The largest absolute Gasteiger partial charge is 0.487 e. The van der Waals surface area contributed by atoms with Crippen molar-refractivity contribution >= 4 is 11.6 Å². The van der Waals surface area contributed by atoms with Gasteiger partial charge in [-0.3, -0.25) is 4.79 Å². The van der Waals surface area contributed by atoms with Gasteiger partial charge in [0.15, 0.2) is 0 Å². The highest BCUT2D eigenvalue weighted by Crippen LogP contribution is 2.16. The molecule has 0 aliphatic heterocycles. The fourth-order valence-electron chi connectivity index (χ4n) is 3.27. The molecule has 0 unspecified atom stereocenters. The van der Waals surface area contributed by atoms with Crippen LogP contribution in [0.4, 0.5) is 4.39 Å². The number of carbonyl (C=O) groups is 1. The van der Waals surface area contributed by atoms with Gasteiger partial charge >= 0.3 is 0 Å². The average molecular weight is 403 g/mol. The van der Waals surface area contributed by atoms with Crippen molar-refractivity contribution in [2.24, 2.45) is 0 Å². The van der Waals surface area contributed by atoms with Crippen molar-refractivity contribution < 1.29 is 13.9 Å². The quantitative estimate of drug-likeness (QED) is 0.500. The summed E-state index contributed by atoms with van der Waals surface area (Å²) in [6.07, 6.45) is 4.45. The fraction of sp³-hybridized carbons (Fsp3) is 0.167. The second-order valence-corrected chi connectivity index (χ2v) is 7.11. The van der Waals surface area contributed by atoms with Crippen LogP contribution in [0.2, 0.25) is 0 Å². The van der Waals surface area contributed by atoms with E-state index >= 15 is 0 Å². The molecule has 0 saturated heterocycles. The van der Waals surface area contributed by atoms with Crippen molar-refractivity contribution in [3.05, 3.63) is 101 Å². The van der Waals surface area contributed by atoms with Crippen LogP contribution in [-0.2, 0) is 13.0 Å². The first-order valence-corrected chi connectivity index (χ1v) is 9.77. The van der Waals surface area contributed by atoms with Gasteiger partial charge in [0.1, 0.15) is 23.8 Å². The molecule has 0 bridgehead atoms. The summed E-state index contributed by atoms with van der Waals surface area (Å²) in [6.45, 7) is 2.75. The first kappa shape index (κ1) is 19.6. The summed E-state index contributed by atoms with van der Waals surface area (Å²) in [4.78, 5) is 17.0. The van der Waals surface area contributed by atoms with Gasteiger partial charge in [-0.1, -0.05) is 24.3 Å². The van der Waals surface area contributed by atoms with Crippen LogP contribution in [0.5, 0.6) is 5.75 Å². The van der Waals surface area contributed by atoms with Crippen LogP contribution < -0.4 is 10.1 Å². The number of hydrogen-bond donors (Lipinski definition) is 1. The topological polar surface area (TPSA) is 55.6 Å². The molecule has 6 heteroatoms. The Kier molecular flexibility index (Phi) is 5.75. The lowest BCUT2D eigenvalue weighted by Gasteiger charge is -2.08. The van der Waals surface area contributed by atoms with Gasteiger partial charge < -0.3 is 14.5 Å². The van der Waals surface area contributed by atoms with Gasteiger partial charge in [0.05, 0.1) is 5.69 Å². The first-order chi connectivity index (χ1) is 14.6. The van der Waals surface area contributed by atoms with Crippen molar-refractivity contribution in [1.82, 2.24) is 14.7 Å². The number of imidazole rings is 1. The van der Waals surface area contributed by atoms with Crippen LogP contribution >= 0.6 is 0 Å². The number of halogens is 1. The maximum Gasteiger partial charge on any atom is 0.251 e. The number of hydrogen-bond acceptors (Lipinski definition) is 3. The van der Waals surface area contributed by atoms with E-state index in [9.17, 15) is 9.18 Å². The summed E-state index contributed by atoms with van der Waals surface area (Å²) in [5, 5.41) is 2.86.